The third-order valence-corrected chi connectivity index (χ3v) is 4.10. The molecule has 0 aromatic carbocycles. The van der Waals surface area contributed by atoms with Crippen molar-refractivity contribution < 1.29 is 0 Å². The molecule has 17 heavy (non-hydrogen) atoms. The topological polar surface area (TPSA) is 42.2 Å². The molecule has 3 nitrogen and oxygen atoms in total. The number of hydrogen-bond acceptors (Lipinski definition) is 4. The van der Waals surface area contributed by atoms with Gasteiger partial charge in [-0.2, -0.15) is 0 Å². The first kappa shape index (κ1) is 12.5. The van der Waals surface area contributed by atoms with E-state index in [1.807, 2.05) is 12.3 Å². The molecule has 0 saturated heterocycles. The molecule has 2 rings (SSSR count). The van der Waals surface area contributed by atoms with Gasteiger partial charge in [0, 0.05) is 43.8 Å². The van der Waals surface area contributed by atoms with Gasteiger partial charge in [-0.15, -0.1) is 11.3 Å². The highest BCUT2D eigenvalue weighted by atomic mass is 79.9. The maximum atomic E-state index is 5.71. The van der Waals surface area contributed by atoms with E-state index in [-0.39, 0.29) is 0 Å². The van der Waals surface area contributed by atoms with Crippen LogP contribution < -0.4 is 10.6 Å². The van der Waals surface area contributed by atoms with Crippen molar-refractivity contribution in [1.29, 1.82) is 0 Å². The average Bonchev–Trinajstić information content (AvgIpc) is 2.74. The fourth-order valence-corrected chi connectivity index (χ4v) is 2.94. The summed E-state index contributed by atoms with van der Waals surface area (Å²) >= 11 is 5.18. The average molecular weight is 312 g/mol. The predicted octanol–water partition coefficient (Wildman–Crippen LogP) is 3.00. The maximum Gasteiger partial charge on any atom is 0.0701 e. The Morgan fingerprint density at radius 1 is 1.53 bits per heavy atom. The quantitative estimate of drug-likeness (QED) is 0.944. The van der Waals surface area contributed by atoms with Crippen molar-refractivity contribution >= 4 is 33.0 Å². The van der Waals surface area contributed by atoms with E-state index in [4.69, 9.17) is 5.73 Å². The van der Waals surface area contributed by atoms with Gasteiger partial charge in [-0.25, -0.2) is 0 Å². The Labute approximate surface area is 113 Å². The molecule has 5 heteroatoms. The van der Waals surface area contributed by atoms with E-state index in [0.717, 1.165) is 21.6 Å². The largest absolute Gasteiger partial charge is 0.370 e. The van der Waals surface area contributed by atoms with Crippen LogP contribution in [-0.2, 0) is 13.1 Å². The van der Waals surface area contributed by atoms with Crippen molar-refractivity contribution in [2.75, 3.05) is 11.9 Å². The number of nitrogens with two attached hydrogens (primary N) is 1. The van der Waals surface area contributed by atoms with Crippen LogP contribution in [0.25, 0.3) is 0 Å². The summed E-state index contributed by atoms with van der Waals surface area (Å²) in [6.45, 7) is 1.39. The molecule has 0 unspecified atom stereocenters. The molecule has 0 aliphatic heterocycles. The van der Waals surface area contributed by atoms with E-state index in [9.17, 15) is 0 Å². The minimum atomic E-state index is 0.515. The molecule has 0 aliphatic carbocycles. The Bertz CT molecular complexity index is 498. The second-order valence-corrected chi connectivity index (χ2v) is 6.11. The summed E-state index contributed by atoms with van der Waals surface area (Å²) in [6.07, 6.45) is 3.63. The first-order chi connectivity index (χ1) is 8.20. The number of aromatic nitrogens is 1. The Hall–Kier alpha value is -0.910. The zero-order valence-electron chi connectivity index (χ0n) is 9.56. The normalized spacial score (nSPS) is 10.5. The van der Waals surface area contributed by atoms with E-state index in [0.29, 0.717) is 6.54 Å². The van der Waals surface area contributed by atoms with Gasteiger partial charge in [0.1, 0.15) is 0 Å². The number of hydrogen-bond donors (Lipinski definition) is 1. The molecule has 2 aromatic rings. The molecule has 0 amide bonds. The SMILES string of the molecule is CN(Cc1csc(Br)c1)c1ccncc1CN. The molecule has 0 saturated carbocycles. The van der Waals surface area contributed by atoms with Crippen molar-refractivity contribution in [3.63, 3.8) is 0 Å². The Kier molecular flexibility index (Phi) is 4.15. The number of pyridine rings is 1. The number of anilines is 1. The monoisotopic (exact) mass is 311 g/mol. The van der Waals surface area contributed by atoms with Gasteiger partial charge >= 0.3 is 0 Å². The van der Waals surface area contributed by atoms with Crippen LogP contribution in [0.5, 0.6) is 0 Å². The molecular weight excluding hydrogens is 298 g/mol. The molecule has 0 fully saturated rings. The van der Waals surface area contributed by atoms with Gasteiger partial charge in [0.2, 0.25) is 0 Å². The molecule has 2 aromatic heterocycles. The third kappa shape index (κ3) is 3.06. The van der Waals surface area contributed by atoms with Gasteiger partial charge in [0.25, 0.3) is 0 Å². The lowest BCUT2D eigenvalue weighted by Crippen LogP contribution is -2.18. The van der Waals surface area contributed by atoms with Crippen LogP contribution in [-0.4, -0.2) is 12.0 Å². The Morgan fingerprint density at radius 2 is 2.35 bits per heavy atom. The summed E-state index contributed by atoms with van der Waals surface area (Å²) in [6, 6.07) is 4.15. The highest BCUT2D eigenvalue weighted by Gasteiger charge is 2.07. The summed E-state index contributed by atoms with van der Waals surface area (Å²) in [5.74, 6) is 0. The van der Waals surface area contributed by atoms with Crippen LogP contribution in [0.15, 0.2) is 33.7 Å². The predicted molar refractivity (Wildman–Crippen MR) is 76.3 cm³/mol. The van der Waals surface area contributed by atoms with Crippen LogP contribution in [0.4, 0.5) is 5.69 Å². The standard InChI is InChI=1S/C12H14BrN3S/c1-16(7-9-4-12(13)17-8-9)11-2-3-15-6-10(11)5-14/h2-4,6,8H,5,7,14H2,1H3. The van der Waals surface area contributed by atoms with E-state index in [1.54, 1.807) is 17.5 Å². The maximum absolute atomic E-state index is 5.71. The van der Waals surface area contributed by atoms with Crippen molar-refractivity contribution in [2.45, 2.75) is 13.1 Å². The second-order valence-electron chi connectivity index (χ2n) is 3.82. The van der Waals surface area contributed by atoms with Crippen molar-refractivity contribution in [3.05, 3.63) is 44.8 Å². The van der Waals surface area contributed by atoms with E-state index in [1.165, 1.54) is 5.56 Å². The number of rotatable bonds is 4. The summed E-state index contributed by atoms with van der Waals surface area (Å²) in [5.41, 5.74) is 9.23. The lowest BCUT2D eigenvalue weighted by atomic mass is 10.2. The number of halogens is 1. The van der Waals surface area contributed by atoms with Crippen LogP contribution in [0.1, 0.15) is 11.1 Å². The van der Waals surface area contributed by atoms with Gasteiger partial charge in [-0.05, 0) is 39.0 Å². The van der Waals surface area contributed by atoms with Crippen LogP contribution >= 0.6 is 27.3 Å². The first-order valence-electron chi connectivity index (χ1n) is 5.27. The van der Waals surface area contributed by atoms with Gasteiger partial charge < -0.3 is 10.6 Å². The lowest BCUT2D eigenvalue weighted by Gasteiger charge is -2.21. The Balaban J connectivity index is 2.16. The first-order valence-corrected chi connectivity index (χ1v) is 6.95. The molecular formula is C12H14BrN3S. The second kappa shape index (κ2) is 5.62. The molecule has 0 bridgehead atoms. The van der Waals surface area contributed by atoms with E-state index >= 15 is 0 Å². The van der Waals surface area contributed by atoms with Gasteiger partial charge in [0.05, 0.1) is 3.79 Å². The molecule has 0 aliphatic rings. The molecule has 2 heterocycles. The zero-order chi connectivity index (χ0) is 12.3. The minimum absolute atomic E-state index is 0.515. The number of thiophene rings is 1. The van der Waals surface area contributed by atoms with Crippen molar-refractivity contribution in [2.24, 2.45) is 5.73 Å². The molecule has 2 N–H and O–H groups in total. The fourth-order valence-electron chi connectivity index (χ4n) is 1.74. The number of nitrogens with zero attached hydrogens (tertiary/aromatic N) is 2. The van der Waals surface area contributed by atoms with Gasteiger partial charge in [0.15, 0.2) is 0 Å². The van der Waals surface area contributed by atoms with Gasteiger partial charge in [-0.1, -0.05) is 0 Å². The van der Waals surface area contributed by atoms with Crippen molar-refractivity contribution in [3.8, 4) is 0 Å². The van der Waals surface area contributed by atoms with Crippen LogP contribution in [0.3, 0.4) is 0 Å². The molecule has 0 atom stereocenters. The third-order valence-electron chi connectivity index (χ3n) is 2.55. The zero-order valence-corrected chi connectivity index (χ0v) is 12.0. The minimum Gasteiger partial charge on any atom is -0.370 e. The fraction of sp³-hybridized carbons (Fsp3) is 0.250. The van der Waals surface area contributed by atoms with Gasteiger partial charge in [-0.3, -0.25) is 4.98 Å². The highest BCUT2D eigenvalue weighted by Crippen LogP contribution is 2.24. The summed E-state index contributed by atoms with van der Waals surface area (Å²) in [7, 11) is 2.07. The summed E-state index contributed by atoms with van der Waals surface area (Å²) in [5, 5.41) is 2.16. The highest BCUT2D eigenvalue weighted by molar-refractivity contribution is 9.11. The van der Waals surface area contributed by atoms with E-state index in [2.05, 4.69) is 44.3 Å². The van der Waals surface area contributed by atoms with Crippen LogP contribution in [0.2, 0.25) is 0 Å². The van der Waals surface area contributed by atoms with Crippen molar-refractivity contribution in [1.82, 2.24) is 4.98 Å². The smallest absolute Gasteiger partial charge is 0.0701 e. The lowest BCUT2D eigenvalue weighted by molar-refractivity contribution is 0.902. The molecule has 0 radical (unpaired) electrons. The summed E-state index contributed by atoms with van der Waals surface area (Å²) in [4.78, 5) is 6.29. The summed E-state index contributed by atoms with van der Waals surface area (Å²) < 4.78 is 1.16. The van der Waals surface area contributed by atoms with E-state index < -0.39 is 0 Å². The van der Waals surface area contributed by atoms with Crippen LogP contribution in [0, 0.1) is 0 Å². The Morgan fingerprint density at radius 3 is 3.00 bits per heavy atom. The molecule has 90 valence electrons. The molecule has 0 spiro atoms.